The number of H-pyrrole nitrogens is 1. The fourth-order valence-corrected chi connectivity index (χ4v) is 3.14. The van der Waals surface area contributed by atoms with Gasteiger partial charge in [-0.05, 0) is 43.2 Å². The molecule has 0 bridgehead atoms. The zero-order chi connectivity index (χ0) is 18.1. The monoisotopic (exact) mass is 350 g/mol. The maximum absolute atomic E-state index is 12.2. The average molecular weight is 350 g/mol. The Morgan fingerprint density at radius 1 is 1.23 bits per heavy atom. The van der Waals surface area contributed by atoms with Crippen LogP contribution in [0.25, 0.3) is 22.2 Å². The summed E-state index contributed by atoms with van der Waals surface area (Å²) in [6.07, 6.45) is 1.26. The number of nitrogens with two attached hydrogens (primary N) is 1. The summed E-state index contributed by atoms with van der Waals surface area (Å²) in [4.78, 5) is 23.7. The van der Waals surface area contributed by atoms with E-state index in [9.17, 15) is 9.59 Å². The Labute approximate surface area is 149 Å². The molecular formula is C19H18N4O3. The molecule has 4 N–H and O–H groups in total. The highest BCUT2D eigenvalue weighted by molar-refractivity contribution is 6.01. The maximum Gasteiger partial charge on any atom is 0.253 e. The van der Waals surface area contributed by atoms with Gasteiger partial charge >= 0.3 is 0 Å². The summed E-state index contributed by atoms with van der Waals surface area (Å²) >= 11 is 0. The van der Waals surface area contributed by atoms with Gasteiger partial charge in [0.05, 0.1) is 11.2 Å². The third-order valence-electron chi connectivity index (χ3n) is 4.47. The van der Waals surface area contributed by atoms with Crippen LogP contribution in [0, 0.1) is 0 Å². The van der Waals surface area contributed by atoms with E-state index in [4.69, 9.17) is 10.5 Å². The lowest BCUT2D eigenvalue weighted by molar-refractivity contribution is -0.124. The molecule has 1 fully saturated rings. The first-order valence-electron chi connectivity index (χ1n) is 8.42. The number of nitrogens with one attached hydrogen (secondary N) is 2. The molecule has 1 aliphatic rings. The van der Waals surface area contributed by atoms with E-state index >= 15 is 0 Å². The van der Waals surface area contributed by atoms with Crippen LogP contribution >= 0.6 is 0 Å². The number of aromatic amines is 1. The molecule has 2 amide bonds. The van der Waals surface area contributed by atoms with Crippen LogP contribution in [0.2, 0.25) is 0 Å². The van der Waals surface area contributed by atoms with Crippen molar-refractivity contribution in [3.63, 3.8) is 0 Å². The molecule has 0 saturated carbocycles. The first kappa shape index (κ1) is 16.3. The van der Waals surface area contributed by atoms with Crippen molar-refractivity contribution in [1.29, 1.82) is 0 Å². The highest BCUT2D eigenvalue weighted by atomic mass is 16.5. The van der Waals surface area contributed by atoms with Gasteiger partial charge < -0.3 is 15.8 Å². The van der Waals surface area contributed by atoms with Crippen LogP contribution in [0.5, 0.6) is 0 Å². The van der Waals surface area contributed by atoms with Crippen molar-refractivity contribution in [1.82, 2.24) is 10.2 Å². The standard InChI is InChI=1S/C19H18N4O3/c20-18(24)12-6-7-15-14(10-12)17(23-22-15)11-3-1-4-13(9-11)21-19(25)16-5-2-8-26-16/h1,3-4,6-7,9-10,16H,2,5,8H2,(H2,20,24)(H,21,25)(H,22,23). The lowest BCUT2D eigenvalue weighted by Crippen LogP contribution is -2.26. The van der Waals surface area contributed by atoms with E-state index in [1.807, 2.05) is 24.3 Å². The predicted molar refractivity (Wildman–Crippen MR) is 97.7 cm³/mol. The summed E-state index contributed by atoms with van der Waals surface area (Å²) < 4.78 is 5.41. The molecule has 1 unspecified atom stereocenters. The second-order valence-corrected chi connectivity index (χ2v) is 6.27. The zero-order valence-electron chi connectivity index (χ0n) is 14.0. The van der Waals surface area contributed by atoms with E-state index in [1.54, 1.807) is 18.2 Å². The predicted octanol–water partition coefficient (Wildman–Crippen LogP) is 2.45. The number of rotatable bonds is 4. The molecule has 0 spiro atoms. The fourth-order valence-electron chi connectivity index (χ4n) is 3.14. The molecule has 0 aliphatic carbocycles. The molecule has 3 aromatic rings. The molecular weight excluding hydrogens is 332 g/mol. The minimum absolute atomic E-state index is 0.137. The zero-order valence-corrected chi connectivity index (χ0v) is 14.0. The minimum Gasteiger partial charge on any atom is -0.368 e. The number of primary amides is 1. The SMILES string of the molecule is NC(=O)c1ccc2[nH]nc(-c3cccc(NC(=O)C4CCCO4)c3)c2c1. The molecule has 4 rings (SSSR count). The molecule has 1 saturated heterocycles. The number of ether oxygens (including phenoxy) is 1. The van der Waals surface area contributed by atoms with Gasteiger partial charge in [0, 0.05) is 28.8 Å². The second-order valence-electron chi connectivity index (χ2n) is 6.27. The first-order valence-corrected chi connectivity index (χ1v) is 8.42. The highest BCUT2D eigenvalue weighted by Crippen LogP contribution is 2.29. The third-order valence-corrected chi connectivity index (χ3v) is 4.47. The number of carbonyl (C=O) groups excluding carboxylic acids is 2. The first-order chi connectivity index (χ1) is 12.6. The van der Waals surface area contributed by atoms with Crippen molar-refractivity contribution < 1.29 is 14.3 Å². The van der Waals surface area contributed by atoms with Crippen molar-refractivity contribution in [2.45, 2.75) is 18.9 Å². The molecule has 1 atom stereocenters. The Bertz CT molecular complexity index is 989. The number of aromatic nitrogens is 2. The molecule has 0 radical (unpaired) electrons. The van der Waals surface area contributed by atoms with Crippen molar-refractivity contribution in [2.75, 3.05) is 11.9 Å². The number of nitrogens with zero attached hydrogens (tertiary/aromatic N) is 1. The van der Waals surface area contributed by atoms with Gasteiger partial charge in [0.15, 0.2) is 0 Å². The Balaban J connectivity index is 1.66. The van der Waals surface area contributed by atoms with E-state index in [-0.39, 0.29) is 12.0 Å². The van der Waals surface area contributed by atoms with E-state index in [1.165, 1.54) is 0 Å². The minimum atomic E-state index is -0.489. The molecule has 1 aliphatic heterocycles. The van der Waals surface area contributed by atoms with Crippen LogP contribution in [0.15, 0.2) is 42.5 Å². The summed E-state index contributed by atoms with van der Waals surface area (Å²) in [7, 11) is 0. The number of hydrogen-bond acceptors (Lipinski definition) is 4. The normalized spacial score (nSPS) is 16.7. The Morgan fingerprint density at radius 2 is 2.12 bits per heavy atom. The lowest BCUT2D eigenvalue weighted by Gasteiger charge is -2.11. The summed E-state index contributed by atoms with van der Waals surface area (Å²) in [5.74, 6) is -0.626. The van der Waals surface area contributed by atoms with Gasteiger partial charge in [0.25, 0.3) is 5.91 Å². The second kappa shape index (κ2) is 6.61. The van der Waals surface area contributed by atoms with Gasteiger partial charge in [0.1, 0.15) is 6.10 Å². The van der Waals surface area contributed by atoms with Crippen LogP contribution in [-0.2, 0) is 9.53 Å². The Kier molecular flexibility index (Phi) is 4.14. The van der Waals surface area contributed by atoms with Gasteiger partial charge in [-0.1, -0.05) is 12.1 Å². The van der Waals surface area contributed by atoms with E-state index in [0.717, 1.165) is 29.3 Å². The van der Waals surface area contributed by atoms with Crippen LogP contribution in [0.4, 0.5) is 5.69 Å². The number of benzene rings is 2. The molecule has 1 aromatic heterocycles. The van der Waals surface area contributed by atoms with E-state index < -0.39 is 5.91 Å². The summed E-state index contributed by atoms with van der Waals surface area (Å²) in [5, 5.41) is 11.0. The summed E-state index contributed by atoms with van der Waals surface area (Å²) in [6.45, 7) is 0.625. The van der Waals surface area contributed by atoms with Crippen LogP contribution in [-0.4, -0.2) is 34.7 Å². The molecule has 2 aromatic carbocycles. The van der Waals surface area contributed by atoms with Gasteiger partial charge in [0.2, 0.25) is 5.91 Å². The van der Waals surface area contributed by atoms with E-state index in [0.29, 0.717) is 23.6 Å². The van der Waals surface area contributed by atoms with E-state index in [2.05, 4.69) is 15.5 Å². The molecule has 7 nitrogen and oxygen atoms in total. The number of amides is 2. The summed E-state index contributed by atoms with van der Waals surface area (Å²) in [6, 6.07) is 12.6. The van der Waals surface area contributed by atoms with Crippen LogP contribution < -0.4 is 11.1 Å². The van der Waals surface area contributed by atoms with Crippen LogP contribution in [0.3, 0.4) is 0 Å². The maximum atomic E-state index is 12.2. The van der Waals surface area contributed by atoms with Gasteiger partial charge in [-0.3, -0.25) is 14.7 Å². The summed E-state index contributed by atoms with van der Waals surface area (Å²) in [5.41, 5.74) is 8.78. The fraction of sp³-hybridized carbons (Fsp3) is 0.211. The average Bonchev–Trinajstić information content (AvgIpc) is 3.31. The Morgan fingerprint density at radius 3 is 2.88 bits per heavy atom. The number of anilines is 1. The topological polar surface area (TPSA) is 110 Å². The Hall–Kier alpha value is -3.19. The van der Waals surface area contributed by atoms with Crippen molar-refractivity contribution >= 4 is 28.4 Å². The smallest absolute Gasteiger partial charge is 0.253 e. The quantitative estimate of drug-likeness (QED) is 0.671. The van der Waals surface area contributed by atoms with Gasteiger partial charge in [-0.25, -0.2) is 0 Å². The number of hydrogen-bond donors (Lipinski definition) is 3. The largest absolute Gasteiger partial charge is 0.368 e. The van der Waals surface area contributed by atoms with Crippen molar-refractivity contribution in [2.24, 2.45) is 5.73 Å². The highest BCUT2D eigenvalue weighted by Gasteiger charge is 2.23. The van der Waals surface area contributed by atoms with Crippen molar-refractivity contribution in [3.05, 3.63) is 48.0 Å². The van der Waals surface area contributed by atoms with Crippen LogP contribution in [0.1, 0.15) is 23.2 Å². The van der Waals surface area contributed by atoms with Crippen molar-refractivity contribution in [3.8, 4) is 11.3 Å². The molecule has 7 heteroatoms. The number of fused-ring (bicyclic) bond motifs is 1. The van der Waals surface area contributed by atoms with Gasteiger partial charge in [-0.15, -0.1) is 0 Å². The molecule has 2 heterocycles. The number of carbonyl (C=O) groups is 2. The van der Waals surface area contributed by atoms with Gasteiger partial charge in [-0.2, -0.15) is 5.10 Å². The third kappa shape index (κ3) is 3.04. The molecule has 132 valence electrons. The molecule has 26 heavy (non-hydrogen) atoms. The lowest BCUT2D eigenvalue weighted by atomic mass is 10.0.